The van der Waals surface area contributed by atoms with Gasteiger partial charge in [-0.2, -0.15) is 0 Å². The van der Waals surface area contributed by atoms with Gasteiger partial charge in [-0.1, -0.05) is 55.5 Å². The molecule has 7 heteroatoms. The number of anilines is 2. The molecular formula is C28H24N2O4S. The number of amides is 2. The molecule has 35 heavy (non-hydrogen) atoms. The lowest BCUT2D eigenvalue weighted by Gasteiger charge is -2.11. The Morgan fingerprint density at radius 2 is 1.43 bits per heavy atom. The third kappa shape index (κ3) is 5.83. The fourth-order valence-electron chi connectivity index (χ4n) is 3.43. The molecule has 1 aromatic heterocycles. The summed E-state index contributed by atoms with van der Waals surface area (Å²) in [4.78, 5) is 38.3. The zero-order valence-electron chi connectivity index (χ0n) is 19.1. The molecule has 0 saturated heterocycles. The summed E-state index contributed by atoms with van der Waals surface area (Å²) < 4.78 is 5.15. The van der Waals surface area contributed by atoms with Crippen LogP contribution in [-0.2, 0) is 4.74 Å². The van der Waals surface area contributed by atoms with Gasteiger partial charge in [-0.3, -0.25) is 9.59 Å². The van der Waals surface area contributed by atoms with Crippen LogP contribution in [-0.4, -0.2) is 24.4 Å². The first-order valence-electron chi connectivity index (χ1n) is 11.2. The van der Waals surface area contributed by atoms with E-state index in [-0.39, 0.29) is 11.8 Å². The predicted molar refractivity (Wildman–Crippen MR) is 139 cm³/mol. The first-order valence-corrected chi connectivity index (χ1v) is 12.1. The number of carbonyl (C=O) groups is 3. The second-order valence-electron chi connectivity index (χ2n) is 7.71. The molecule has 0 unspecified atom stereocenters. The van der Waals surface area contributed by atoms with Crippen molar-refractivity contribution >= 4 is 39.8 Å². The summed E-state index contributed by atoms with van der Waals surface area (Å²) in [6.07, 6.45) is 0.743. The summed E-state index contributed by atoms with van der Waals surface area (Å²) in [6, 6.07) is 24.9. The van der Waals surface area contributed by atoms with Crippen LogP contribution in [0.25, 0.3) is 11.1 Å². The SMILES string of the molecule is CCCOC(=O)c1ccc(NC(=O)c2c(-c3ccccc3)csc2NC(=O)c2ccccc2)cc1. The summed E-state index contributed by atoms with van der Waals surface area (Å²) in [5.74, 6) is -1.06. The highest BCUT2D eigenvalue weighted by Crippen LogP contribution is 2.36. The Kier molecular flexibility index (Phi) is 7.70. The quantitative estimate of drug-likeness (QED) is 0.280. The van der Waals surface area contributed by atoms with E-state index in [1.54, 1.807) is 48.5 Å². The Morgan fingerprint density at radius 1 is 0.771 bits per heavy atom. The van der Waals surface area contributed by atoms with E-state index in [1.165, 1.54) is 11.3 Å². The highest BCUT2D eigenvalue weighted by molar-refractivity contribution is 7.15. The number of rotatable bonds is 8. The van der Waals surface area contributed by atoms with E-state index >= 15 is 0 Å². The minimum atomic E-state index is -0.403. The average Bonchev–Trinajstić information content (AvgIpc) is 3.32. The monoisotopic (exact) mass is 484 g/mol. The molecule has 3 aromatic carbocycles. The van der Waals surface area contributed by atoms with Gasteiger partial charge in [-0.05, 0) is 48.4 Å². The highest BCUT2D eigenvalue weighted by atomic mass is 32.1. The van der Waals surface area contributed by atoms with Gasteiger partial charge in [-0.15, -0.1) is 11.3 Å². The number of thiophene rings is 1. The van der Waals surface area contributed by atoms with Crippen LogP contribution in [0.2, 0.25) is 0 Å². The zero-order chi connectivity index (χ0) is 24.6. The summed E-state index contributed by atoms with van der Waals surface area (Å²) in [6.45, 7) is 2.28. The molecule has 0 spiro atoms. The maximum Gasteiger partial charge on any atom is 0.338 e. The van der Waals surface area contributed by atoms with E-state index in [1.807, 2.05) is 48.7 Å². The lowest BCUT2D eigenvalue weighted by atomic mass is 10.0. The molecule has 0 aliphatic heterocycles. The van der Waals surface area contributed by atoms with Crippen molar-refractivity contribution in [3.05, 3.63) is 107 Å². The highest BCUT2D eigenvalue weighted by Gasteiger charge is 2.22. The normalized spacial score (nSPS) is 10.4. The summed E-state index contributed by atoms with van der Waals surface area (Å²) >= 11 is 1.29. The molecule has 0 bridgehead atoms. The smallest absolute Gasteiger partial charge is 0.338 e. The van der Waals surface area contributed by atoms with Crippen molar-refractivity contribution < 1.29 is 19.1 Å². The number of carbonyl (C=O) groups excluding carboxylic acids is 3. The minimum Gasteiger partial charge on any atom is -0.462 e. The molecule has 4 aromatic rings. The number of nitrogens with one attached hydrogen (secondary N) is 2. The maximum absolute atomic E-state index is 13.4. The molecule has 2 N–H and O–H groups in total. The third-order valence-electron chi connectivity index (χ3n) is 5.18. The van der Waals surface area contributed by atoms with Crippen molar-refractivity contribution in [2.75, 3.05) is 17.2 Å². The number of ether oxygens (including phenoxy) is 1. The Labute approximate surface area is 207 Å². The third-order valence-corrected chi connectivity index (χ3v) is 6.08. The Balaban J connectivity index is 1.60. The van der Waals surface area contributed by atoms with Crippen LogP contribution in [0.5, 0.6) is 0 Å². The van der Waals surface area contributed by atoms with Gasteiger partial charge in [0, 0.05) is 22.2 Å². The van der Waals surface area contributed by atoms with Crippen LogP contribution >= 0.6 is 11.3 Å². The van der Waals surface area contributed by atoms with Gasteiger partial charge < -0.3 is 15.4 Å². The standard InChI is InChI=1S/C28H24N2O4S/c1-2-17-34-28(33)21-13-15-22(16-14-21)29-26(32)24-23(19-9-5-3-6-10-19)18-35-27(24)30-25(31)20-11-7-4-8-12-20/h3-16,18H,2,17H2,1H3,(H,29,32)(H,30,31). The summed E-state index contributed by atoms with van der Waals surface area (Å²) in [7, 11) is 0. The van der Waals surface area contributed by atoms with Gasteiger partial charge in [0.05, 0.1) is 17.7 Å². The van der Waals surface area contributed by atoms with Crippen molar-refractivity contribution in [3.8, 4) is 11.1 Å². The van der Waals surface area contributed by atoms with E-state index in [4.69, 9.17) is 4.74 Å². The first-order chi connectivity index (χ1) is 17.1. The van der Waals surface area contributed by atoms with Gasteiger partial charge >= 0.3 is 5.97 Å². The molecule has 1 heterocycles. The first kappa shape index (κ1) is 23.9. The largest absolute Gasteiger partial charge is 0.462 e. The fourth-order valence-corrected chi connectivity index (χ4v) is 4.39. The molecule has 2 amide bonds. The number of hydrogen-bond acceptors (Lipinski definition) is 5. The Hall–Kier alpha value is -4.23. The molecular weight excluding hydrogens is 460 g/mol. The van der Waals surface area contributed by atoms with E-state index in [0.29, 0.717) is 34.0 Å². The van der Waals surface area contributed by atoms with Gasteiger partial charge in [0.25, 0.3) is 11.8 Å². The van der Waals surface area contributed by atoms with Crippen LogP contribution in [0.4, 0.5) is 10.7 Å². The number of benzene rings is 3. The second kappa shape index (κ2) is 11.3. The van der Waals surface area contributed by atoms with Gasteiger partial charge in [0.2, 0.25) is 0 Å². The van der Waals surface area contributed by atoms with E-state index in [0.717, 1.165) is 17.5 Å². The molecule has 0 aliphatic rings. The lowest BCUT2D eigenvalue weighted by Crippen LogP contribution is -2.17. The van der Waals surface area contributed by atoms with E-state index in [2.05, 4.69) is 10.6 Å². The van der Waals surface area contributed by atoms with E-state index in [9.17, 15) is 14.4 Å². The summed E-state index contributed by atoms with van der Waals surface area (Å²) in [5.41, 5.74) is 3.38. The Morgan fingerprint density at radius 3 is 2.09 bits per heavy atom. The molecule has 176 valence electrons. The van der Waals surface area contributed by atoms with Gasteiger partial charge in [0.15, 0.2) is 0 Å². The topological polar surface area (TPSA) is 84.5 Å². The van der Waals surface area contributed by atoms with Gasteiger partial charge in [0.1, 0.15) is 5.00 Å². The van der Waals surface area contributed by atoms with Crippen LogP contribution in [0.15, 0.2) is 90.3 Å². The van der Waals surface area contributed by atoms with E-state index < -0.39 is 5.97 Å². The maximum atomic E-state index is 13.4. The van der Waals surface area contributed by atoms with Crippen LogP contribution in [0, 0.1) is 0 Å². The van der Waals surface area contributed by atoms with Crippen LogP contribution in [0.1, 0.15) is 44.4 Å². The summed E-state index contributed by atoms with van der Waals surface area (Å²) in [5, 5.41) is 8.08. The van der Waals surface area contributed by atoms with Crippen molar-refractivity contribution in [1.29, 1.82) is 0 Å². The molecule has 4 rings (SSSR count). The zero-order valence-corrected chi connectivity index (χ0v) is 19.9. The second-order valence-corrected chi connectivity index (χ2v) is 8.59. The van der Waals surface area contributed by atoms with Gasteiger partial charge in [-0.25, -0.2) is 4.79 Å². The van der Waals surface area contributed by atoms with Crippen molar-refractivity contribution in [2.24, 2.45) is 0 Å². The fraction of sp³-hybridized carbons (Fsp3) is 0.107. The van der Waals surface area contributed by atoms with Crippen molar-refractivity contribution in [2.45, 2.75) is 13.3 Å². The molecule has 0 aliphatic carbocycles. The number of hydrogen-bond donors (Lipinski definition) is 2. The molecule has 6 nitrogen and oxygen atoms in total. The number of esters is 1. The van der Waals surface area contributed by atoms with Crippen molar-refractivity contribution in [3.63, 3.8) is 0 Å². The lowest BCUT2D eigenvalue weighted by molar-refractivity contribution is 0.0505. The van der Waals surface area contributed by atoms with Crippen LogP contribution in [0.3, 0.4) is 0 Å². The molecule has 0 fully saturated rings. The molecule has 0 radical (unpaired) electrons. The Bertz CT molecular complexity index is 1320. The van der Waals surface area contributed by atoms with Crippen LogP contribution < -0.4 is 10.6 Å². The molecule has 0 saturated carbocycles. The predicted octanol–water partition coefficient (Wildman–Crippen LogP) is 6.49. The minimum absolute atomic E-state index is 0.295. The molecule has 0 atom stereocenters. The average molecular weight is 485 g/mol. The van der Waals surface area contributed by atoms with Crippen molar-refractivity contribution in [1.82, 2.24) is 0 Å².